The van der Waals surface area contributed by atoms with Crippen molar-refractivity contribution in [2.24, 2.45) is 0 Å². The zero-order chi connectivity index (χ0) is 27.0. The number of phenols is 1. The minimum Gasteiger partial charge on any atom is -0.507 e. The predicted octanol–water partition coefficient (Wildman–Crippen LogP) is 2.96. The second-order valence-electron chi connectivity index (χ2n) is 10.1. The third-order valence-electron chi connectivity index (χ3n) is 4.78. The van der Waals surface area contributed by atoms with Gasteiger partial charge in [0.25, 0.3) is 0 Å². The van der Waals surface area contributed by atoms with Crippen LogP contribution in [0.25, 0.3) is 0 Å². The maximum Gasteiger partial charge on any atom is 0.408 e. The molecule has 0 spiro atoms. The van der Waals surface area contributed by atoms with Crippen LogP contribution in [0.2, 0.25) is 0 Å². The maximum atomic E-state index is 13.4. The topological polar surface area (TPSA) is 134 Å². The molecule has 3 amide bonds. The number of hydrogen-bond acceptors (Lipinski definition) is 7. The van der Waals surface area contributed by atoms with Crippen molar-refractivity contribution in [3.8, 4) is 5.75 Å². The Morgan fingerprint density at radius 2 is 1.69 bits per heavy atom. The number of benzene rings is 1. The molecule has 35 heavy (non-hydrogen) atoms. The number of aryl methyl sites for hydroxylation is 1. The standard InChI is InChI=1S/C25H39N3O7/c1-9-34-19(30)13-14-26-22(32)20(17-12-10-11-16(2)21(17)31)28(24(3,4)5)18(29)15-27-23(33)35-25(6,7)8/h10-12,20,31H,9,13-15H2,1-8H3,(H,26,32)(H,27,33). The molecule has 0 aliphatic rings. The van der Waals surface area contributed by atoms with Crippen molar-refractivity contribution in [1.82, 2.24) is 15.5 Å². The van der Waals surface area contributed by atoms with Crippen LogP contribution in [-0.4, -0.2) is 64.7 Å². The van der Waals surface area contributed by atoms with Crippen molar-refractivity contribution in [2.75, 3.05) is 19.7 Å². The van der Waals surface area contributed by atoms with Crippen LogP contribution >= 0.6 is 0 Å². The average molecular weight is 494 g/mol. The number of nitrogens with one attached hydrogen (secondary N) is 2. The van der Waals surface area contributed by atoms with Crippen molar-refractivity contribution in [3.63, 3.8) is 0 Å². The van der Waals surface area contributed by atoms with E-state index < -0.39 is 47.6 Å². The first-order valence-electron chi connectivity index (χ1n) is 11.6. The van der Waals surface area contributed by atoms with E-state index in [9.17, 15) is 24.3 Å². The molecule has 196 valence electrons. The minimum atomic E-state index is -1.23. The number of para-hydroxylation sites is 1. The molecule has 1 aromatic carbocycles. The highest BCUT2D eigenvalue weighted by molar-refractivity contribution is 5.91. The molecule has 0 bridgehead atoms. The van der Waals surface area contributed by atoms with Crippen LogP contribution in [-0.2, 0) is 23.9 Å². The molecule has 0 aromatic heterocycles. The van der Waals surface area contributed by atoms with Gasteiger partial charge in [0.2, 0.25) is 11.8 Å². The van der Waals surface area contributed by atoms with E-state index in [1.807, 2.05) is 0 Å². The summed E-state index contributed by atoms with van der Waals surface area (Å²) in [7, 11) is 0. The Hall–Kier alpha value is -3.30. The number of carbonyl (C=O) groups is 4. The van der Waals surface area contributed by atoms with Crippen LogP contribution in [0.4, 0.5) is 4.79 Å². The highest BCUT2D eigenvalue weighted by atomic mass is 16.6. The molecule has 0 saturated heterocycles. The van der Waals surface area contributed by atoms with Gasteiger partial charge in [-0.3, -0.25) is 14.4 Å². The van der Waals surface area contributed by atoms with Gasteiger partial charge in [-0.15, -0.1) is 0 Å². The van der Waals surface area contributed by atoms with E-state index >= 15 is 0 Å². The number of ether oxygens (including phenoxy) is 2. The number of esters is 1. The Labute approximate surface area is 207 Å². The summed E-state index contributed by atoms with van der Waals surface area (Å²) in [5, 5.41) is 15.9. The van der Waals surface area contributed by atoms with Crippen LogP contribution in [0.3, 0.4) is 0 Å². The number of aromatic hydroxyl groups is 1. The van der Waals surface area contributed by atoms with Gasteiger partial charge >= 0.3 is 12.1 Å². The molecule has 0 heterocycles. The molecule has 0 radical (unpaired) electrons. The minimum absolute atomic E-state index is 0.0108. The maximum absolute atomic E-state index is 13.4. The average Bonchev–Trinajstić information content (AvgIpc) is 2.70. The van der Waals surface area contributed by atoms with Crippen LogP contribution in [0.5, 0.6) is 5.75 Å². The largest absolute Gasteiger partial charge is 0.507 e. The smallest absolute Gasteiger partial charge is 0.408 e. The summed E-state index contributed by atoms with van der Waals surface area (Å²) in [6.07, 6.45) is -0.816. The van der Waals surface area contributed by atoms with Crippen molar-refractivity contribution in [2.45, 2.75) is 79.0 Å². The van der Waals surface area contributed by atoms with Crippen LogP contribution in [0.1, 0.15) is 72.1 Å². The number of alkyl carbamates (subject to hydrolysis) is 1. The second-order valence-corrected chi connectivity index (χ2v) is 10.1. The first kappa shape index (κ1) is 29.7. The van der Waals surface area contributed by atoms with Gasteiger partial charge in [-0.2, -0.15) is 0 Å². The number of hydrogen-bond donors (Lipinski definition) is 3. The molecule has 10 nitrogen and oxygen atoms in total. The monoisotopic (exact) mass is 493 g/mol. The lowest BCUT2D eigenvalue weighted by Gasteiger charge is -2.41. The van der Waals surface area contributed by atoms with E-state index in [4.69, 9.17) is 9.47 Å². The Morgan fingerprint density at radius 1 is 1.06 bits per heavy atom. The predicted molar refractivity (Wildman–Crippen MR) is 131 cm³/mol. The second kappa shape index (κ2) is 12.4. The number of carbonyl (C=O) groups excluding carboxylic acids is 4. The van der Waals surface area contributed by atoms with E-state index in [-0.39, 0.29) is 30.9 Å². The molecule has 1 rings (SSSR count). The molecule has 3 N–H and O–H groups in total. The Bertz CT molecular complexity index is 917. The third kappa shape index (κ3) is 9.46. The van der Waals surface area contributed by atoms with Crippen LogP contribution in [0, 0.1) is 6.92 Å². The fourth-order valence-corrected chi connectivity index (χ4v) is 3.37. The van der Waals surface area contributed by atoms with Crippen LogP contribution < -0.4 is 10.6 Å². The number of nitrogens with zero attached hydrogens (tertiary/aromatic N) is 1. The highest BCUT2D eigenvalue weighted by Gasteiger charge is 2.40. The van der Waals surface area contributed by atoms with E-state index in [0.29, 0.717) is 5.56 Å². The number of amides is 3. The van der Waals surface area contributed by atoms with Crippen molar-refractivity contribution in [1.29, 1.82) is 0 Å². The SMILES string of the molecule is CCOC(=O)CCNC(=O)C(c1cccc(C)c1O)N(C(=O)CNC(=O)OC(C)(C)C)C(C)(C)C. The molecule has 1 aromatic rings. The van der Waals surface area contributed by atoms with E-state index in [0.717, 1.165) is 0 Å². The zero-order valence-electron chi connectivity index (χ0n) is 22.0. The fraction of sp³-hybridized carbons (Fsp3) is 0.600. The molecule has 0 aliphatic heterocycles. The van der Waals surface area contributed by atoms with Gasteiger partial charge in [-0.25, -0.2) is 4.79 Å². The lowest BCUT2D eigenvalue weighted by molar-refractivity contribution is -0.146. The summed E-state index contributed by atoms with van der Waals surface area (Å²) >= 11 is 0. The van der Waals surface area contributed by atoms with Crippen molar-refractivity contribution < 1.29 is 33.8 Å². The van der Waals surface area contributed by atoms with Gasteiger partial charge in [-0.05, 0) is 61.0 Å². The van der Waals surface area contributed by atoms with E-state index in [2.05, 4.69) is 10.6 Å². The first-order chi connectivity index (χ1) is 16.1. The van der Waals surface area contributed by atoms with Gasteiger partial charge in [0.05, 0.1) is 13.0 Å². The van der Waals surface area contributed by atoms with Crippen LogP contribution in [0.15, 0.2) is 18.2 Å². The van der Waals surface area contributed by atoms with E-state index in [1.165, 1.54) is 4.90 Å². The summed E-state index contributed by atoms with van der Waals surface area (Å²) < 4.78 is 10.1. The lowest BCUT2D eigenvalue weighted by atomic mass is 9.94. The summed E-state index contributed by atoms with van der Waals surface area (Å²) in [6, 6.07) is 3.69. The Balaban J connectivity index is 3.29. The first-order valence-corrected chi connectivity index (χ1v) is 11.6. The summed E-state index contributed by atoms with van der Waals surface area (Å²) in [5.41, 5.74) is -0.878. The van der Waals surface area contributed by atoms with E-state index in [1.54, 1.807) is 73.6 Å². The van der Waals surface area contributed by atoms with Gasteiger partial charge in [0.1, 0.15) is 23.9 Å². The molecule has 0 fully saturated rings. The van der Waals surface area contributed by atoms with Gasteiger partial charge < -0.3 is 30.1 Å². The normalized spacial score (nSPS) is 12.3. The van der Waals surface area contributed by atoms with Gasteiger partial charge in [-0.1, -0.05) is 18.2 Å². The molecule has 0 saturated carbocycles. The molecule has 0 aliphatic carbocycles. The fourth-order valence-electron chi connectivity index (χ4n) is 3.37. The number of rotatable bonds is 9. The third-order valence-corrected chi connectivity index (χ3v) is 4.78. The van der Waals surface area contributed by atoms with Gasteiger partial charge in [0.15, 0.2) is 0 Å². The highest BCUT2D eigenvalue weighted by Crippen LogP contribution is 2.35. The quantitative estimate of drug-likeness (QED) is 0.450. The summed E-state index contributed by atoms with van der Waals surface area (Å²) in [5.74, 6) is -1.74. The zero-order valence-corrected chi connectivity index (χ0v) is 22.0. The van der Waals surface area contributed by atoms with Crippen molar-refractivity contribution in [3.05, 3.63) is 29.3 Å². The molecular weight excluding hydrogens is 454 g/mol. The van der Waals surface area contributed by atoms with Crippen molar-refractivity contribution >= 4 is 23.9 Å². The summed E-state index contributed by atoms with van der Waals surface area (Å²) in [4.78, 5) is 51.8. The molecular formula is C25H39N3O7. The number of phenolic OH excluding ortho intramolecular Hbond substituents is 1. The lowest BCUT2D eigenvalue weighted by Crippen LogP contribution is -2.55. The molecule has 1 atom stereocenters. The Kier molecular flexibility index (Phi) is 10.5. The Morgan fingerprint density at radius 3 is 2.23 bits per heavy atom. The molecule has 1 unspecified atom stereocenters. The molecule has 10 heteroatoms. The van der Waals surface area contributed by atoms with Gasteiger partial charge in [0, 0.05) is 17.6 Å². The summed E-state index contributed by atoms with van der Waals surface area (Å²) in [6.45, 7) is 13.5.